The number of ether oxygens (including phenoxy) is 2. The third-order valence-electron chi connectivity index (χ3n) is 26.7. The number of benzene rings is 17. The molecule has 0 atom stereocenters. The van der Waals surface area contributed by atoms with E-state index in [1.165, 1.54) is 54.5 Å². The Labute approximate surface area is 717 Å². The molecule has 24 rings (SSSR count). The van der Waals surface area contributed by atoms with Crippen molar-refractivity contribution in [3.05, 3.63) is 381 Å². The Bertz CT molecular complexity index is 7540. The number of fused-ring (bicyclic) bond motifs is 18. The minimum atomic E-state index is -0.458. The minimum absolute atomic E-state index is 0.242. The number of nitrogens with zero attached hydrogens (tertiary/aromatic N) is 5. The molecule has 4 aliphatic heterocycles. The van der Waals surface area contributed by atoms with Gasteiger partial charge in [0.1, 0.15) is 23.0 Å². The largest absolute Gasteiger partial charge is 0.458 e. The summed E-state index contributed by atoms with van der Waals surface area (Å²) in [6.07, 6.45) is 0. The highest BCUT2D eigenvalue weighted by Gasteiger charge is 2.52. The molecule has 0 spiro atoms. The van der Waals surface area contributed by atoms with Crippen molar-refractivity contribution in [1.82, 2.24) is 13.7 Å². The molecule has 7 nitrogen and oxygen atoms in total. The minimum Gasteiger partial charge on any atom is -0.458 e. The van der Waals surface area contributed by atoms with Gasteiger partial charge in [0, 0.05) is 106 Å². The van der Waals surface area contributed by atoms with E-state index in [4.69, 9.17) is 9.47 Å². The second-order valence-electron chi connectivity index (χ2n) is 37.1. The van der Waals surface area contributed by atoms with E-state index in [-0.39, 0.29) is 17.5 Å². The molecule has 0 fully saturated rings. The van der Waals surface area contributed by atoms with Gasteiger partial charge >= 0.3 is 0 Å². The van der Waals surface area contributed by atoms with Crippen LogP contribution in [0, 0.1) is 0 Å². The van der Waals surface area contributed by atoms with Gasteiger partial charge in [-0.1, -0.05) is 311 Å². The van der Waals surface area contributed by atoms with Crippen LogP contribution in [0.1, 0.15) is 79.0 Å². The van der Waals surface area contributed by atoms with Crippen LogP contribution >= 0.6 is 0 Å². The predicted octanol–water partition coefficient (Wildman–Crippen LogP) is 26.3. The molecule has 17 aromatic carbocycles. The highest BCUT2D eigenvalue weighted by atomic mass is 16.5. The summed E-state index contributed by atoms with van der Waals surface area (Å²) in [7, 11) is 0. The van der Waals surface area contributed by atoms with Crippen LogP contribution in [-0.4, -0.2) is 27.1 Å². The van der Waals surface area contributed by atoms with E-state index in [1.54, 1.807) is 0 Å². The first-order valence-corrected chi connectivity index (χ1v) is 43.3. The van der Waals surface area contributed by atoms with Gasteiger partial charge in [-0.3, -0.25) is 0 Å². The van der Waals surface area contributed by atoms with Crippen LogP contribution in [0.2, 0.25) is 0 Å². The van der Waals surface area contributed by atoms with Gasteiger partial charge in [0.2, 0.25) is 0 Å². The summed E-state index contributed by atoms with van der Waals surface area (Å²) in [6.45, 7) is 20.5. The lowest BCUT2D eigenvalue weighted by Gasteiger charge is -2.48. The van der Waals surface area contributed by atoms with E-state index in [0.29, 0.717) is 0 Å². The fourth-order valence-electron chi connectivity index (χ4n) is 20.9. The second kappa shape index (κ2) is 27.0. The van der Waals surface area contributed by atoms with Gasteiger partial charge in [0.25, 0.3) is 13.4 Å². The molecule has 0 aliphatic carbocycles. The van der Waals surface area contributed by atoms with E-state index < -0.39 is 12.1 Å². The first-order valence-electron chi connectivity index (χ1n) is 43.3. The fraction of sp³-hybridized carbons (Fsp3) is 0.105. The SMILES string of the molecule is CC(C)(C)c1cc(-c2ccccc2)c(N2c3cc(-n4c5ccccc5c5ccccc54)ccc3B3c4cc5c6c(c4N(c4c(-c7ccccc7)cc(C(C)(C)C)cc4-c4ccccc4)c4cc(C(C)(C)C)cc2c43)Oc2cc(-n3c4ccccc4c4ccccc43)ccc2B6c2ccc(-n3c4ccccc4c4ccccc43)cc2O5)c(-c2ccccc2)c1. The van der Waals surface area contributed by atoms with Gasteiger partial charge in [0.05, 0.1) is 50.2 Å². The summed E-state index contributed by atoms with van der Waals surface area (Å²) in [5, 5.41) is 7.20. The smallest absolute Gasteiger partial charge is 0.260 e. The van der Waals surface area contributed by atoms with Crippen LogP contribution in [0.15, 0.2) is 364 Å². The summed E-state index contributed by atoms with van der Waals surface area (Å²) < 4.78 is 23.9. The molecule has 0 unspecified atom stereocenters. The molecule has 20 aromatic rings. The summed E-state index contributed by atoms with van der Waals surface area (Å²) in [5.74, 6) is 3.08. The normalized spacial score (nSPS) is 13.3. The number of hydrogen-bond acceptors (Lipinski definition) is 4. The van der Waals surface area contributed by atoms with Crippen molar-refractivity contribution in [2.75, 3.05) is 9.80 Å². The molecule has 0 amide bonds. The molecule has 3 aromatic heterocycles. The molecule has 4 aliphatic rings. The van der Waals surface area contributed by atoms with Crippen LogP contribution in [0.4, 0.5) is 34.1 Å². The Kier molecular flexibility index (Phi) is 15.9. The maximum absolute atomic E-state index is 8.50. The van der Waals surface area contributed by atoms with Crippen LogP contribution in [0.5, 0.6) is 23.0 Å². The van der Waals surface area contributed by atoms with Crippen molar-refractivity contribution in [2.45, 2.75) is 78.6 Å². The Hall–Kier alpha value is -14.5. The first kappa shape index (κ1) is 72.5. The van der Waals surface area contributed by atoms with Crippen molar-refractivity contribution in [2.24, 2.45) is 0 Å². The zero-order valence-electron chi connectivity index (χ0n) is 70.3. The van der Waals surface area contributed by atoms with E-state index in [9.17, 15) is 0 Å². The molecule has 0 radical (unpaired) electrons. The van der Waals surface area contributed by atoms with Crippen LogP contribution < -0.4 is 52.1 Å². The van der Waals surface area contributed by atoms with Crippen molar-refractivity contribution in [3.63, 3.8) is 0 Å². The van der Waals surface area contributed by atoms with E-state index >= 15 is 0 Å². The maximum atomic E-state index is 8.50. The number of para-hydroxylation sites is 6. The molecule has 0 bridgehead atoms. The summed E-state index contributed by atoms with van der Waals surface area (Å²) in [6, 6.07) is 137. The van der Waals surface area contributed by atoms with Crippen LogP contribution in [0.25, 0.3) is 127 Å². The first-order chi connectivity index (χ1) is 59.9. The average molecular weight is 1580 g/mol. The molecule has 0 saturated carbocycles. The Morgan fingerprint density at radius 2 is 0.528 bits per heavy atom. The quantitative estimate of drug-likeness (QED) is 0.135. The van der Waals surface area contributed by atoms with E-state index in [0.717, 1.165) is 179 Å². The standard InChI is InChI=1S/C114H87B2N5O2/c1-112(2,3)74-60-86(70-34-14-10-15-35-70)108(87(61-74)71-36-16-11-17-37-71)120-100-66-77(117-94-48-28-22-42-80(94)81-43-23-29-49-95(81)117)54-57-90(100)115-93-69-105-107-111(110(93)121(102-65-76(114(7,8)9)64-101(120)106(102)115)109-88(72-38-18-12-19-39-72)62-75(113(4,5)6)63-89(109)73-40-20-13-21-41-73)123-104-68-79(119-98-52-32-26-46-84(98)85-47-27-33-53-99(85)119)56-59-92(104)116(107)91-58-55-78(67-103(91)122-105)118-96-50-30-24-44-82(96)83-45-25-31-51-97(83)118/h10-69H,1-9H3. The summed E-state index contributed by atoms with van der Waals surface area (Å²) >= 11 is 0. The van der Waals surface area contributed by atoms with Crippen molar-refractivity contribution >= 4 is 146 Å². The van der Waals surface area contributed by atoms with Crippen molar-refractivity contribution < 1.29 is 9.47 Å². The molecule has 7 heterocycles. The Balaban J connectivity index is 0.878. The lowest BCUT2D eigenvalue weighted by Crippen LogP contribution is -2.63. The molecule has 0 N–H and O–H groups in total. The molecule has 9 heteroatoms. The molecular weight excluding hydrogens is 1490 g/mol. The topological polar surface area (TPSA) is 39.7 Å². The predicted molar refractivity (Wildman–Crippen MR) is 519 cm³/mol. The number of aromatic nitrogens is 3. The number of rotatable bonds is 9. The lowest BCUT2D eigenvalue weighted by atomic mass is 9.31. The zero-order valence-corrected chi connectivity index (χ0v) is 70.3. The molecule has 0 saturated heterocycles. The maximum Gasteiger partial charge on any atom is 0.260 e. The van der Waals surface area contributed by atoms with E-state index in [2.05, 4.69) is 450 Å². The van der Waals surface area contributed by atoms with Crippen LogP contribution in [-0.2, 0) is 16.2 Å². The van der Waals surface area contributed by atoms with Gasteiger partial charge < -0.3 is 33.0 Å². The number of anilines is 6. The van der Waals surface area contributed by atoms with Crippen molar-refractivity contribution in [3.8, 4) is 84.6 Å². The highest BCUT2D eigenvalue weighted by Crippen LogP contribution is 2.58. The van der Waals surface area contributed by atoms with Gasteiger partial charge in [-0.15, -0.1) is 0 Å². The molecular formula is C114H87B2N5O2. The molecule has 123 heavy (non-hydrogen) atoms. The third kappa shape index (κ3) is 11.1. The fourth-order valence-corrected chi connectivity index (χ4v) is 20.9. The summed E-state index contributed by atoms with van der Waals surface area (Å²) in [4.78, 5) is 5.43. The van der Waals surface area contributed by atoms with Gasteiger partial charge in [0.15, 0.2) is 0 Å². The monoisotopic (exact) mass is 1580 g/mol. The second-order valence-corrected chi connectivity index (χ2v) is 37.1. The zero-order chi connectivity index (χ0) is 82.6. The highest BCUT2D eigenvalue weighted by molar-refractivity contribution is 7.02. The summed E-state index contributed by atoms with van der Waals surface area (Å²) in [5.41, 5.74) is 34.3. The number of hydrogen-bond donors (Lipinski definition) is 0. The van der Waals surface area contributed by atoms with Gasteiger partial charge in [-0.05, 0) is 186 Å². The van der Waals surface area contributed by atoms with Gasteiger partial charge in [-0.2, -0.15) is 0 Å². The average Bonchev–Trinajstić information content (AvgIpc) is 1.41. The van der Waals surface area contributed by atoms with Gasteiger partial charge in [-0.25, -0.2) is 0 Å². The lowest BCUT2D eigenvalue weighted by molar-refractivity contribution is 0.465. The van der Waals surface area contributed by atoms with Crippen molar-refractivity contribution in [1.29, 1.82) is 0 Å². The van der Waals surface area contributed by atoms with Crippen LogP contribution in [0.3, 0.4) is 0 Å². The third-order valence-corrected chi connectivity index (χ3v) is 26.7. The molecule has 586 valence electrons. The Morgan fingerprint density at radius 3 is 0.894 bits per heavy atom. The van der Waals surface area contributed by atoms with E-state index in [1.807, 2.05) is 0 Å². The Morgan fingerprint density at radius 1 is 0.228 bits per heavy atom.